The first-order valence-electron chi connectivity index (χ1n) is 7.11. The first kappa shape index (κ1) is 28.3. The van der Waals surface area contributed by atoms with E-state index in [0.29, 0.717) is 0 Å². The molecule has 1 aliphatic rings. The molecule has 0 spiro atoms. The Morgan fingerprint density at radius 3 is 1.35 bits per heavy atom. The van der Waals surface area contributed by atoms with Crippen LogP contribution in [0.1, 0.15) is 40.5 Å². The molecule has 4 heteroatoms. The van der Waals surface area contributed by atoms with Gasteiger partial charge in [-0.1, -0.05) is 34.1 Å². The van der Waals surface area contributed by atoms with Gasteiger partial charge in [0, 0.05) is 0 Å². The fraction of sp³-hybridized carbons (Fsp3) is 0.750. The van der Waals surface area contributed by atoms with Crippen LogP contribution in [0.2, 0.25) is 0 Å². The van der Waals surface area contributed by atoms with Crippen molar-refractivity contribution in [3.63, 3.8) is 0 Å². The normalized spacial score (nSPS) is 10.7. The van der Waals surface area contributed by atoms with Gasteiger partial charge in [0.2, 0.25) is 0 Å². The van der Waals surface area contributed by atoms with Crippen LogP contribution in [0.4, 0.5) is 0 Å². The van der Waals surface area contributed by atoms with E-state index in [1.54, 1.807) is 21.1 Å². The van der Waals surface area contributed by atoms with Crippen LogP contribution in [0.25, 0.3) is 16.0 Å². The van der Waals surface area contributed by atoms with Crippen LogP contribution in [0.15, 0.2) is 17.7 Å². The van der Waals surface area contributed by atoms with E-state index < -0.39 is 0 Å². The molecule has 3 nitrogen and oxygen atoms in total. The molecule has 116 valence electrons. The van der Waals surface area contributed by atoms with E-state index in [9.17, 15) is 0 Å². The third kappa shape index (κ3) is 36.1. The Balaban J connectivity index is -0.0000000881. The molecule has 0 aromatic heterocycles. The second-order valence-corrected chi connectivity index (χ2v) is 3.56. The molecule has 0 unspecified atom stereocenters. The predicted octanol–water partition coefficient (Wildman–Crippen LogP) is 5.11. The summed E-state index contributed by atoms with van der Waals surface area (Å²) in [7, 11) is 5.42. The third-order valence-corrected chi connectivity index (χ3v) is 2.10. The van der Waals surface area contributed by atoms with Gasteiger partial charge in [-0.25, -0.2) is 11.6 Å². The zero-order valence-corrected chi connectivity index (χ0v) is 16.1. The van der Waals surface area contributed by atoms with Crippen molar-refractivity contribution in [2.45, 2.75) is 40.5 Å². The van der Waals surface area contributed by atoms with Crippen molar-refractivity contribution in [2.24, 2.45) is 0 Å². The monoisotopic (exact) mass is 315 g/mol. The summed E-state index contributed by atoms with van der Waals surface area (Å²) in [5, 5.41) is 11.2. The van der Waals surface area contributed by atoms with Gasteiger partial charge in [0.05, 0.1) is 0 Å². The SMILES string of the molecule is CCC1=[C-]CC=C1.CC[N-]C.CC[N-]C.CC[N-]C.[Ti+4]. The summed E-state index contributed by atoms with van der Waals surface area (Å²) in [6, 6.07) is 0. The van der Waals surface area contributed by atoms with Crippen molar-refractivity contribution in [2.75, 3.05) is 40.8 Å². The summed E-state index contributed by atoms with van der Waals surface area (Å²) in [5.74, 6) is 0. The molecule has 0 saturated heterocycles. The average molecular weight is 315 g/mol. The summed E-state index contributed by atoms with van der Waals surface area (Å²) in [5.41, 5.74) is 1.36. The van der Waals surface area contributed by atoms with E-state index in [1.807, 2.05) is 20.8 Å². The molecule has 0 heterocycles. The van der Waals surface area contributed by atoms with Gasteiger partial charge in [0.15, 0.2) is 0 Å². The molecular formula is C16H33N3Ti. The van der Waals surface area contributed by atoms with Crippen molar-refractivity contribution in [3.05, 3.63) is 39.8 Å². The zero-order valence-electron chi connectivity index (χ0n) is 14.5. The summed E-state index contributed by atoms with van der Waals surface area (Å²) < 4.78 is 0. The summed E-state index contributed by atoms with van der Waals surface area (Å²) in [4.78, 5) is 0. The molecule has 0 fully saturated rings. The second-order valence-electron chi connectivity index (χ2n) is 3.56. The standard InChI is InChI=1S/C7H9.3C3H8N.Ti/c1-2-7-5-3-4-6-7;3*1-3-4-2;/h3,5H,2,4H2,1H3;3*3H2,1-2H3;/q4*-1;+4. The smallest absolute Gasteiger partial charge is 0.665 e. The van der Waals surface area contributed by atoms with Crippen LogP contribution < -0.4 is 0 Å². The maximum Gasteiger partial charge on any atom is 4.00 e. The van der Waals surface area contributed by atoms with Gasteiger partial charge >= 0.3 is 21.7 Å². The van der Waals surface area contributed by atoms with Crippen LogP contribution in [0.3, 0.4) is 0 Å². The number of hydrogen-bond donors (Lipinski definition) is 0. The van der Waals surface area contributed by atoms with E-state index in [2.05, 4.69) is 41.1 Å². The Labute approximate surface area is 143 Å². The molecule has 0 N–H and O–H groups in total. The van der Waals surface area contributed by atoms with Crippen molar-refractivity contribution < 1.29 is 21.7 Å². The quantitative estimate of drug-likeness (QED) is 0.511. The van der Waals surface area contributed by atoms with Crippen LogP contribution in [-0.2, 0) is 21.7 Å². The molecule has 0 aliphatic heterocycles. The summed E-state index contributed by atoms with van der Waals surface area (Å²) in [6.45, 7) is 11.0. The molecule has 0 aromatic carbocycles. The van der Waals surface area contributed by atoms with Gasteiger partial charge < -0.3 is 16.0 Å². The van der Waals surface area contributed by atoms with Crippen molar-refractivity contribution in [1.29, 1.82) is 0 Å². The molecule has 0 saturated carbocycles. The van der Waals surface area contributed by atoms with Gasteiger partial charge in [0.1, 0.15) is 0 Å². The molecule has 0 amide bonds. The zero-order chi connectivity index (χ0) is 15.4. The predicted molar refractivity (Wildman–Crippen MR) is 90.3 cm³/mol. The molecule has 0 aromatic rings. The fourth-order valence-corrected chi connectivity index (χ4v) is 0.693. The van der Waals surface area contributed by atoms with Gasteiger partial charge in [-0.05, 0) is 0 Å². The molecule has 1 rings (SSSR count). The summed E-state index contributed by atoms with van der Waals surface area (Å²) in [6.07, 6.45) is 9.65. The van der Waals surface area contributed by atoms with Crippen molar-refractivity contribution >= 4 is 0 Å². The molecule has 0 bridgehead atoms. The number of nitrogens with zero attached hydrogens (tertiary/aromatic N) is 3. The first-order chi connectivity index (χ1) is 9.17. The molecule has 20 heavy (non-hydrogen) atoms. The Bertz CT molecular complexity index is 177. The minimum Gasteiger partial charge on any atom is -0.665 e. The molecular weight excluding hydrogens is 282 g/mol. The average Bonchev–Trinajstić information content (AvgIpc) is 3.01. The van der Waals surface area contributed by atoms with Crippen LogP contribution in [0, 0.1) is 6.08 Å². The molecule has 1 aliphatic carbocycles. The third-order valence-electron chi connectivity index (χ3n) is 2.10. The number of hydrogen-bond acceptors (Lipinski definition) is 0. The molecule has 0 atom stereocenters. The van der Waals surface area contributed by atoms with Crippen molar-refractivity contribution in [3.8, 4) is 0 Å². The van der Waals surface area contributed by atoms with E-state index in [0.717, 1.165) is 32.5 Å². The second kappa shape index (κ2) is 31.5. The summed E-state index contributed by atoms with van der Waals surface area (Å²) >= 11 is 0. The minimum absolute atomic E-state index is 0. The van der Waals surface area contributed by atoms with E-state index in [1.165, 1.54) is 5.57 Å². The fourth-order valence-electron chi connectivity index (χ4n) is 0.693. The Morgan fingerprint density at radius 1 is 0.900 bits per heavy atom. The Kier molecular flexibility index (Phi) is 44.5. The van der Waals surface area contributed by atoms with Gasteiger partial charge in [-0.15, -0.1) is 6.42 Å². The van der Waals surface area contributed by atoms with Crippen LogP contribution in [-0.4, -0.2) is 40.8 Å². The molecule has 0 radical (unpaired) electrons. The van der Waals surface area contributed by atoms with E-state index in [-0.39, 0.29) is 21.7 Å². The number of rotatable bonds is 4. The van der Waals surface area contributed by atoms with Gasteiger partial charge in [0.25, 0.3) is 0 Å². The Hall–Kier alpha value is 0.0743. The maximum absolute atomic E-state index is 3.74. The largest absolute Gasteiger partial charge is 4.00 e. The maximum atomic E-state index is 3.74. The van der Waals surface area contributed by atoms with E-state index >= 15 is 0 Å². The Morgan fingerprint density at radius 2 is 1.25 bits per heavy atom. The van der Waals surface area contributed by atoms with E-state index in [4.69, 9.17) is 0 Å². The minimum atomic E-state index is 0. The van der Waals surface area contributed by atoms with Crippen LogP contribution in [0.5, 0.6) is 0 Å². The van der Waals surface area contributed by atoms with Crippen LogP contribution >= 0.6 is 0 Å². The first-order valence-corrected chi connectivity index (χ1v) is 7.11. The number of allylic oxidation sites excluding steroid dienone is 4. The topological polar surface area (TPSA) is 42.3 Å². The van der Waals surface area contributed by atoms with Gasteiger partial charge in [-0.3, -0.25) is 6.08 Å². The van der Waals surface area contributed by atoms with Gasteiger partial charge in [-0.2, -0.15) is 46.9 Å². The van der Waals surface area contributed by atoms with Crippen molar-refractivity contribution in [1.82, 2.24) is 0 Å².